The molecule has 0 unspecified atom stereocenters. The molecule has 0 N–H and O–H groups in total. The summed E-state index contributed by atoms with van der Waals surface area (Å²) in [6.07, 6.45) is -4.09. The van der Waals surface area contributed by atoms with Gasteiger partial charge in [-0.1, -0.05) is 12.1 Å². The summed E-state index contributed by atoms with van der Waals surface area (Å²) in [4.78, 5) is 39.1. The zero-order valence-corrected chi connectivity index (χ0v) is 16.2. The summed E-state index contributed by atoms with van der Waals surface area (Å²) in [7, 11) is 0. The molecule has 1 saturated heterocycles. The van der Waals surface area contributed by atoms with E-state index in [0.717, 1.165) is 0 Å². The highest BCUT2D eigenvalue weighted by atomic mass is 35.5. The maximum Gasteiger partial charge on any atom is 0.303 e. The van der Waals surface area contributed by atoms with Crippen molar-refractivity contribution in [1.82, 2.24) is 9.55 Å². The summed E-state index contributed by atoms with van der Waals surface area (Å²) in [5, 5.41) is 0.107. The van der Waals surface area contributed by atoms with E-state index in [4.69, 9.17) is 30.5 Å². The minimum absolute atomic E-state index is 0.0945. The van der Waals surface area contributed by atoms with E-state index in [1.54, 1.807) is 28.8 Å². The highest BCUT2D eigenvalue weighted by molar-refractivity contribution is 6.29. The molecular weight excluding hydrogens is 392 g/mol. The van der Waals surface area contributed by atoms with Crippen molar-refractivity contribution in [3.05, 3.63) is 29.5 Å². The van der Waals surface area contributed by atoms with Crippen molar-refractivity contribution in [2.24, 2.45) is 0 Å². The lowest BCUT2D eigenvalue weighted by Gasteiger charge is -2.41. The fourth-order valence-corrected chi connectivity index (χ4v) is 3.48. The van der Waals surface area contributed by atoms with Crippen molar-refractivity contribution < 1.29 is 33.3 Å². The number of nitrogens with zero attached hydrogens (tertiary/aromatic N) is 2. The molecule has 1 fully saturated rings. The molecule has 10 heteroatoms. The van der Waals surface area contributed by atoms with Gasteiger partial charge in [0.2, 0.25) is 5.28 Å². The summed E-state index contributed by atoms with van der Waals surface area (Å²) in [5.74, 6) is -1.83. The first kappa shape index (κ1) is 20.1. The summed E-state index contributed by atoms with van der Waals surface area (Å²) in [6.45, 7) is 3.55. The molecule has 1 aliphatic rings. The van der Waals surface area contributed by atoms with Crippen LogP contribution >= 0.6 is 11.6 Å². The number of ether oxygens (including phenoxy) is 4. The predicted molar refractivity (Wildman–Crippen MR) is 96.4 cm³/mol. The Labute approximate surface area is 165 Å². The zero-order valence-electron chi connectivity index (χ0n) is 15.5. The van der Waals surface area contributed by atoms with Gasteiger partial charge >= 0.3 is 17.9 Å². The van der Waals surface area contributed by atoms with Crippen molar-refractivity contribution in [3.63, 3.8) is 0 Å². The third kappa shape index (κ3) is 4.10. The largest absolute Gasteiger partial charge is 0.456 e. The van der Waals surface area contributed by atoms with E-state index in [2.05, 4.69) is 4.98 Å². The van der Waals surface area contributed by atoms with Gasteiger partial charge in [-0.25, -0.2) is 4.98 Å². The number of benzene rings is 1. The van der Waals surface area contributed by atoms with E-state index in [9.17, 15) is 14.4 Å². The van der Waals surface area contributed by atoms with Crippen LogP contribution in [-0.2, 0) is 33.3 Å². The first-order valence-electron chi connectivity index (χ1n) is 8.53. The van der Waals surface area contributed by atoms with Crippen molar-refractivity contribution in [2.75, 3.05) is 6.61 Å². The van der Waals surface area contributed by atoms with Crippen LogP contribution in [0.2, 0.25) is 5.28 Å². The highest BCUT2D eigenvalue weighted by Crippen LogP contribution is 2.35. The van der Waals surface area contributed by atoms with E-state index in [1.807, 2.05) is 0 Å². The Morgan fingerprint density at radius 1 is 1.04 bits per heavy atom. The quantitative estimate of drug-likeness (QED) is 0.556. The van der Waals surface area contributed by atoms with Gasteiger partial charge in [-0.3, -0.25) is 19.0 Å². The first-order chi connectivity index (χ1) is 13.3. The van der Waals surface area contributed by atoms with Crippen LogP contribution in [0.5, 0.6) is 0 Å². The standard InChI is InChI=1S/C18H19ClN2O7/c1-9(22)26-14-8-25-17(16(28-11(3)24)15(14)27-10(2)23)21-13-7-5-4-6-12(13)20-18(21)19/h4-7,14-17H,8H2,1-3H3/t14-,15+,16-,17-/m0/s1. The smallest absolute Gasteiger partial charge is 0.303 e. The van der Waals surface area contributed by atoms with Gasteiger partial charge in [-0.2, -0.15) is 0 Å². The minimum atomic E-state index is -1.12. The number of aromatic nitrogens is 2. The van der Waals surface area contributed by atoms with Gasteiger partial charge in [0.1, 0.15) is 0 Å². The average molecular weight is 411 g/mol. The molecule has 4 atom stereocenters. The predicted octanol–water partition coefficient (Wildman–Crippen LogP) is 2.01. The number of fused-ring (bicyclic) bond motifs is 1. The molecule has 0 spiro atoms. The van der Waals surface area contributed by atoms with Gasteiger partial charge in [-0.15, -0.1) is 0 Å². The Morgan fingerprint density at radius 3 is 2.29 bits per heavy atom. The van der Waals surface area contributed by atoms with Gasteiger partial charge in [0, 0.05) is 20.8 Å². The van der Waals surface area contributed by atoms with Gasteiger partial charge in [0.25, 0.3) is 0 Å². The number of carbonyl (C=O) groups is 3. The second-order valence-corrected chi connectivity index (χ2v) is 6.60. The van der Waals surface area contributed by atoms with Gasteiger partial charge in [0.15, 0.2) is 24.5 Å². The second-order valence-electron chi connectivity index (χ2n) is 6.26. The molecule has 0 aliphatic carbocycles. The fraction of sp³-hybridized carbons (Fsp3) is 0.444. The Kier molecular flexibility index (Phi) is 5.85. The lowest BCUT2D eigenvalue weighted by atomic mass is 10.0. The lowest BCUT2D eigenvalue weighted by Crippen LogP contribution is -2.55. The summed E-state index contributed by atoms with van der Waals surface area (Å²) in [6, 6.07) is 7.15. The van der Waals surface area contributed by atoms with Crippen LogP contribution in [-0.4, -0.2) is 52.4 Å². The number of hydrogen-bond donors (Lipinski definition) is 0. The molecule has 2 heterocycles. The molecule has 1 aliphatic heterocycles. The molecule has 9 nitrogen and oxygen atoms in total. The number of halogens is 1. The van der Waals surface area contributed by atoms with E-state index in [1.165, 1.54) is 20.8 Å². The van der Waals surface area contributed by atoms with Gasteiger partial charge < -0.3 is 18.9 Å². The van der Waals surface area contributed by atoms with Crippen LogP contribution in [0.25, 0.3) is 11.0 Å². The molecule has 2 aromatic rings. The molecule has 0 amide bonds. The Hall–Kier alpha value is -2.65. The SMILES string of the molecule is CC(=O)O[C@H]1[C@H](OC(C)=O)[C@@H](n2c(Cl)nc3ccccc32)OC[C@@H]1OC(C)=O. The first-order valence-corrected chi connectivity index (χ1v) is 8.91. The molecule has 0 bridgehead atoms. The van der Waals surface area contributed by atoms with Crippen LogP contribution in [0.15, 0.2) is 24.3 Å². The Morgan fingerprint density at radius 2 is 1.64 bits per heavy atom. The number of hydrogen-bond acceptors (Lipinski definition) is 8. The second kappa shape index (κ2) is 8.15. The highest BCUT2D eigenvalue weighted by Gasteiger charge is 2.48. The van der Waals surface area contributed by atoms with E-state index < -0.39 is 42.4 Å². The average Bonchev–Trinajstić information content (AvgIpc) is 2.92. The molecular formula is C18H19ClN2O7. The number of rotatable bonds is 4. The topological polar surface area (TPSA) is 106 Å². The molecule has 28 heavy (non-hydrogen) atoms. The van der Waals surface area contributed by atoms with E-state index in [0.29, 0.717) is 11.0 Å². The van der Waals surface area contributed by atoms with Crippen LogP contribution in [0, 0.1) is 0 Å². The molecule has 0 saturated carbocycles. The van der Waals surface area contributed by atoms with Crippen LogP contribution in [0.1, 0.15) is 27.0 Å². The van der Waals surface area contributed by atoms with Crippen molar-refractivity contribution in [1.29, 1.82) is 0 Å². The Bertz CT molecular complexity index is 912. The molecule has 0 radical (unpaired) electrons. The monoisotopic (exact) mass is 410 g/mol. The van der Waals surface area contributed by atoms with E-state index in [-0.39, 0.29) is 11.9 Å². The number of carbonyl (C=O) groups excluding carboxylic acids is 3. The summed E-state index contributed by atoms with van der Waals surface area (Å²) >= 11 is 6.32. The molecule has 3 rings (SSSR count). The lowest BCUT2D eigenvalue weighted by molar-refractivity contribution is -0.239. The van der Waals surface area contributed by atoms with Gasteiger partial charge in [0.05, 0.1) is 17.6 Å². The third-order valence-corrected chi connectivity index (χ3v) is 4.40. The molecule has 1 aromatic carbocycles. The van der Waals surface area contributed by atoms with Crippen LogP contribution in [0.3, 0.4) is 0 Å². The van der Waals surface area contributed by atoms with Gasteiger partial charge in [-0.05, 0) is 23.7 Å². The molecule has 1 aromatic heterocycles. The zero-order chi connectivity index (χ0) is 20.4. The van der Waals surface area contributed by atoms with E-state index >= 15 is 0 Å². The minimum Gasteiger partial charge on any atom is -0.456 e. The fourth-order valence-electron chi connectivity index (χ4n) is 3.20. The summed E-state index contributed by atoms with van der Waals surface area (Å²) in [5.41, 5.74) is 1.26. The van der Waals surface area contributed by atoms with Crippen molar-refractivity contribution in [2.45, 2.75) is 45.3 Å². The number of imidazole rings is 1. The molecule has 150 valence electrons. The maximum atomic E-state index is 11.8. The number of esters is 3. The van der Waals surface area contributed by atoms with Crippen LogP contribution in [0.4, 0.5) is 0 Å². The normalized spacial score (nSPS) is 24.6. The van der Waals surface area contributed by atoms with Crippen LogP contribution < -0.4 is 0 Å². The Balaban J connectivity index is 2.06. The maximum absolute atomic E-state index is 11.8. The third-order valence-electron chi connectivity index (χ3n) is 4.13. The summed E-state index contributed by atoms with van der Waals surface area (Å²) < 4.78 is 23.4. The van der Waals surface area contributed by atoms with Crippen molar-refractivity contribution in [3.8, 4) is 0 Å². The van der Waals surface area contributed by atoms with Crippen molar-refractivity contribution >= 4 is 40.5 Å². The number of para-hydroxylation sites is 2.